The highest BCUT2D eigenvalue weighted by molar-refractivity contribution is 5.80. The lowest BCUT2D eigenvalue weighted by Crippen LogP contribution is -2.32. The molecule has 54 valence electrons. The van der Waals surface area contributed by atoms with Crippen LogP contribution in [0.25, 0.3) is 0 Å². The van der Waals surface area contributed by atoms with Gasteiger partial charge in [0, 0.05) is 23.1 Å². The summed E-state index contributed by atoms with van der Waals surface area (Å²) in [5.41, 5.74) is 4.84. The highest BCUT2D eigenvalue weighted by Crippen LogP contribution is 1.86. The van der Waals surface area contributed by atoms with Crippen LogP contribution in [0.2, 0.25) is 0 Å². The molecule has 0 saturated heterocycles. The van der Waals surface area contributed by atoms with Gasteiger partial charge >= 0.3 is 11.9 Å². The van der Waals surface area contributed by atoms with E-state index in [4.69, 9.17) is 15.9 Å². The van der Waals surface area contributed by atoms with Gasteiger partial charge in [-0.05, 0) is 0 Å². The largest absolute Gasteiger partial charge is 0.481 e. The third-order valence-electron chi connectivity index (χ3n) is 0.712. The molecule has 0 rings (SSSR count). The molecule has 2 radical (unpaired) electrons. The third kappa shape index (κ3) is 5.80. The predicted octanol–water partition coefficient (Wildman–Crippen LogP) is -1.51. The van der Waals surface area contributed by atoms with Gasteiger partial charge in [0.05, 0.1) is 6.42 Å². The number of nitrogens with two attached hydrogens (primary N) is 1. The van der Waals surface area contributed by atoms with Crippen LogP contribution in [0.4, 0.5) is 0 Å². The average molecular weight is 157 g/mol. The van der Waals surface area contributed by atoms with Gasteiger partial charge in [0.25, 0.3) is 0 Å². The van der Waals surface area contributed by atoms with Crippen LogP contribution in [-0.2, 0) is 9.59 Å². The number of rotatable bonds is 3. The van der Waals surface area contributed by atoms with Crippen LogP contribution >= 0.6 is 0 Å². The number of hydrogen-bond donors (Lipinski definition) is 3. The molecule has 6 heteroatoms. The predicted molar refractivity (Wildman–Crippen MR) is 33.6 cm³/mol. The summed E-state index contributed by atoms with van der Waals surface area (Å²) in [5.74, 6) is -2.50. The Morgan fingerprint density at radius 3 is 1.90 bits per heavy atom. The van der Waals surface area contributed by atoms with Gasteiger partial charge in [0.1, 0.15) is 6.04 Å². The summed E-state index contributed by atoms with van der Waals surface area (Å²) in [6.07, 6.45) is -0.532. The zero-order valence-electron chi connectivity index (χ0n) is 5.28. The first-order chi connectivity index (χ1) is 4.04. The van der Waals surface area contributed by atoms with Crippen molar-refractivity contribution >= 4 is 35.0 Å². The van der Waals surface area contributed by atoms with Crippen LogP contribution in [0.1, 0.15) is 6.42 Å². The molecule has 4 N–H and O–H groups in total. The average Bonchev–Trinajstić information content (AvgIpc) is 1.63. The third-order valence-corrected chi connectivity index (χ3v) is 0.712. The van der Waals surface area contributed by atoms with E-state index in [-0.39, 0.29) is 23.1 Å². The van der Waals surface area contributed by atoms with Gasteiger partial charge in [-0.1, -0.05) is 0 Å². The van der Waals surface area contributed by atoms with Gasteiger partial charge in [-0.2, -0.15) is 0 Å². The molecule has 0 aromatic carbocycles. The molecule has 0 saturated carbocycles. The Balaban J connectivity index is 0. The van der Waals surface area contributed by atoms with Crippen molar-refractivity contribution in [1.82, 2.24) is 0 Å². The smallest absolute Gasteiger partial charge is 0.321 e. The Morgan fingerprint density at radius 2 is 1.80 bits per heavy atom. The lowest BCUT2D eigenvalue weighted by molar-refractivity contribution is -0.144. The van der Waals surface area contributed by atoms with Crippen molar-refractivity contribution in [3.63, 3.8) is 0 Å². The number of hydrogen-bond acceptors (Lipinski definition) is 3. The summed E-state index contributed by atoms with van der Waals surface area (Å²) >= 11 is 0. The minimum atomic E-state index is -1.29. The van der Waals surface area contributed by atoms with E-state index in [9.17, 15) is 9.59 Å². The summed E-state index contributed by atoms with van der Waals surface area (Å²) in [6.45, 7) is 0. The summed E-state index contributed by atoms with van der Waals surface area (Å²) in [5, 5.41) is 16.0. The first-order valence-corrected chi connectivity index (χ1v) is 2.24. The van der Waals surface area contributed by atoms with Crippen molar-refractivity contribution < 1.29 is 19.8 Å². The monoisotopic (exact) mass is 157 g/mol. The van der Waals surface area contributed by atoms with Gasteiger partial charge in [-0.3, -0.25) is 9.59 Å². The van der Waals surface area contributed by atoms with Crippen LogP contribution in [0.15, 0.2) is 0 Å². The second-order valence-corrected chi connectivity index (χ2v) is 1.54. The van der Waals surface area contributed by atoms with Gasteiger partial charge in [0.15, 0.2) is 0 Å². The van der Waals surface area contributed by atoms with E-state index in [0.717, 1.165) is 0 Å². The molecule has 0 amide bonds. The molecule has 0 heterocycles. The summed E-state index contributed by atoms with van der Waals surface area (Å²) in [7, 11) is 0. The van der Waals surface area contributed by atoms with E-state index in [2.05, 4.69) is 0 Å². The maximum atomic E-state index is 9.85. The fourth-order valence-electron chi connectivity index (χ4n) is 0.275. The van der Waals surface area contributed by atoms with E-state index in [1.807, 2.05) is 0 Å². The first-order valence-electron chi connectivity index (χ1n) is 2.24. The minimum Gasteiger partial charge on any atom is -0.481 e. The fraction of sp³-hybridized carbons (Fsp3) is 0.500. The molecule has 0 aliphatic heterocycles. The van der Waals surface area contributed by atoms with Crippen LogP contribution in [0.5, 0.6) is 0 Å². The lowest BCUT2D eigenvalue weighted by atomic mass is 10.2. The van der Waals surface area contributed by atoms with Gasteiger partial charge in [-0.15, -0.1) is 0 Å². The zero-order chi connectivity index (χ0) is 7.44. The Labute approximate surface area is 73.4 Å². The van der Waals surface area contributed by atoms with Gasteiger partial charge in [-0.25, -0.2) is 0 Å². The van der Waals surface area contributed by atoms with Crippen LogP contribution < -0.4 is 5.73 Å². The Bertz CT molecular complexity index is 137. The quantitative estimate of drug-likeness (QED) is 0.433. The lowest BCUT2D eigenvalue weighted by Gasteiger charge is -1.99. The number of carboxylic acid groups (broad SMARTS) is 2. The van der Waals surface area contributed by atoms with Crippen LogP contribution in [-0.4, -0.2) is 51.2 Å². The molecule has 0 fully saturated rings. The molecule has 0 aromatic rings. The Hall–Kier alpha value is -0.334. The summed E-state index contributed by atoms with van der Waals surface area (Å²) in [4.78, 5) is 19.6. The van der Waals surface area contributed by atoms with Crippen molar-refractivity contribution in [2.75, 3.05) is 0 Å². The SMILES string of the molecule is N[C@@H](CC(=O)O)C(=O)O.[Mg]. The van der Waals surface area contributed by atoms with Crippen molar-refractivity contribution in [2.24, 2.45) is 5.73 Å². The molecular formula is C4H7MgNO4. The number of aliphatic carboxylic acids is 2. The normalized spacial score (nSPS) is 11.3. The first kappa shape index (κ1) is 12.4. The van der Waals surface area contributed by atoms with Crippen molar-refractivity contribution in [3.05, 3.63) is 0 Å². The Kier molecular flexibility index (Phi) is 6.73. The highest BCUT2D eigenvalue weighted by Gasteiger charge is 2.14. The minimum absolute atomic E-state index is 0. The van der Waals surface area contributed by atoms with E-state index in [1.165, 1.54) is 0 Å². The molecule has 0 unspecified atom stereocenters. The van der Waals surface area contributed by atoms with Crippen LogP contribution in [0, 0.1) is 0 Å². The highest BCUT2D eigenvalue weighted by atomic mass is 24.3. The molecule has 0 aliphatic carbocycles. The van der Waals surface area contributed by atoms with Gasteiger partial charge in [0.2, 0.25) is 0 Å². The topological polar surface area (TPSA) is 101 Å². The molecule has 0 aromatic heterocycles. The number of carbonyl (C=O) groups is 2. The van der Waals surface area contributed by atoms with E-state index < -0.39 is 24.4 Å². The molecule has 10 heavy (non-hydrogen) atoms. The molecule has 0 spiro atoms. The van der Waals surface area contributed by atoms with Crippen molar-refractivity contribution in [2.45, 2.75) is 12.5 Å². The maximum Gasteiger partial charge on any atom is 0.321 e. The molecule has 0 bridgehead atoms. The zero-order valence-corrected chi connectivity index (χ0v) is 6.69. The second kappa shape index (κ2) is 5.45. The molecular weight excluding hydrogens is 150 g/mol. The Morgan fingerprint density at radius 1 is 1.40 bits per heavy atom. The second-order valence-electron chi connectivity index (χ2n) is 1.54. The fourth-order valence-corrected chi connectivity index (χ4v) is 0.275. The van der Waals surface area contributed by atoms with Gasteiger partial charge < -0.3 is 15.9 Å². The maximum absolute atomic E-state index is 9.85. The summed E-state index contributed by atoms with van der Waals surface area (Å²) < 4.78 is 0. The summed E-state index contributed by atoms with van der Waals surface area (Å²) in [6, 6.07) is -1.29. The molecule has 0 aliphatic rings. The molecule has 1 atom stereocenters. The number of carboxylic acids is 2. The van der Waals surface area contributed by atoms with Crippen molar-refractivity contribution in [1.29, 1.82) is 0 Å². The molecule has 5 nitrogen and oxygen atoms in total. The van der Waals surface area contributed by atoms with E-state index in [0.29, 0.717) is 0 Å². The van der Waals surface area contributed by atoms with Crippen molar-refractivity contribution in [3.8, 4) is 0 Å². The standard InChI is InChI=1S/C4H7NO4.Mg/c5-2(4(8)9)1-3(6)7;/h2H,1,5H2,(H,6,7)(H,8,9);/t2-;/m0./s1. The van der Waals surface area contributed by atoms with Crippen LogP contribution in [0.3, 0.4) is 0 Å². The van der Waals surface area contributed by atoms with E-state index in [1.54, 1.807) is 0 Å². The van der Waals surface area contributed by atoms with E-state index >= 15 is 0 Å².